The SMILES string of the molecule is CCCN(CC)c1ccc(C(=O)N2CCCC(C(C)N)C2)cc1.Cl.Cl. The Labute approximate surface area is 164 Å². The summed E-state index contributed by atoms with van der Waals surface area (Å²) in [6.45, 7) is 10.1. The molecule has 2 unspecified atom stereocenters. The maximum Gasteiger partial charge on any atom is 0.253 e. The van der Waals surface area contributed by atoms with Gasteiger partial charge in [0.1, 0.15) is 0 Å². The van der Waals surface area contributed by atoms with E-state index in [9.17, 15) is 4.79 Å². The van der Waals surface area contributed by atoms with Gasteiger partial charge in [0.25, 0.3) is 5.91 Å². The van der Waals surface area contributed by atoms with Crippen molar-refractivity contribution in [1.29, 1.82) is 0 Å². The molecule has 4 nitrogen and oxygen atoms in total. The number of halogens is 2. The van der Waals surface area contributed by atoms with Crippen LogP contribution in [-0.2, 0) is 0 Å². The molecule has 2 N–H and O–H groups in total. The Balaban J connectivity index is 0.00000288. The number of likely N-dealkylation sites (tertiary alicyclic amines) is 1. The van der Waals surface area contributed by atoms with E-state index in [1.807, 2.05) is 24.0 Å². The summed E-state index contributed by atoms with van der Waals surface area (Å²) in [4.78, 5) is 17.0. The fourth-order valence-electron chi connectivity index (χ4n) is 3.36. The molecular weight excluding hydrogens is 357 g/mol. The van der Waals surface area contributed by atoms with Crippen LogP contribution in [0.15, 0.2) is 24.3 Å². The zero-order valence-corrected chi connectivity index (χ0v) is 17.2. The van der Waals surface area contributed by atoms with Crippen LogP contribution in [0.25, 0.3) is 0 Å². The van der Waals surface area contributed by atoms with Gasteiger partial charge in [-0.05, 0) is 63.3 Å². The third-order valence-electron chi connectivity index (χ3n) is 4.84. The van der Waals surface area contributed by atoms with Crippen molar-refractivity contribution >= 4 is 36.4 Å². The normalized spacial score (nSPS) is 17.9. The lowest BCUT2D eigenvalue weighted by atomic mass is 9.92. The van der Waals surface area contributed by atoms with Gasteiger partial charge in [0.05, 0.1) is 0 Å². The molecule has 0 spiro atoms. The van der Waals surface area contributed by atoms with E-state index in [4.69, 9.17) is 5.73 Å². The van der Waals surface area contributed by atoms with E-state index in [1.54, 1.807) is 0 Å². The molecular formula is C19H33Cl2N3O. The molecule has 1 amide bonds. The van der Waals surface area contributed by atoms with Crippen LogP contribution in [0.5, 0.6) is 0 Å². The van der Waals surface area contributed by atoms with Crippen LogP contribution >= 0.6 is 24.8 Å². The Morgan fingerprint density at radius 2 is 1.92 bits per heavy atom. The Hall–Kier alpha value is -0.970. The van der Waals surface area contributed by atoms with Crippen molar-refractivity contribution in [2.75, 3.05) is 31.1 Å². The topological polar surface area (TPSA) is 49.6 Å². The van der Waals surface area contributed by atoms with E-state index in [0.717, 1.165) is 51.0 Å². The quantitative estimate of drug-likeness (QED) is 0.800. The molecule has 2 rings (SSSR count). The largest absolute Gasteiger partial charge is 0.372 e. The number of piperidine rings is 1. The lowest BCUT2D eigenvalue weighted by molar-refractivity contribution is 0.0661. The minimum atomic E-state index is 0. The van der Waals surface area contributed by atoms with Crippen LogP contribution in [0, 0.1) is 5.92 Å². The summed E-state index contributed by atoms with van der Waals surface area (Å²) in [6, 6.07) is 8.22. The van der Waals surface area contributed by atoms with Crippen LogP contribution in [0.2, 0.25) is 0 Å². The van der Waals surface area contributed by atoms with Gasteiger partial charge in [-0.2, -0.15) is 0 Å². The monoisotopic (exact) mass is 389 g/mol. The maximum atomic E-state index is 12.7. The molecule has 2 atom stereocenters. The molecule has 0 aromatic heterocycles. The molecule has 1 saturated heterocycles. The number of carbonyl (C=O) groups excluding carboxylic acids is 1. The van der Waals surface area contributed by atoms with Crippen LogP contribution < -0.4 is 10.6 Å². The van der Waals surface area contributed by atoms with Gasteiger partial charge >= 0.3 is 0 Å². The Morgan fingerprint density at radius 3 is 2.44 bits per heavy atom. The number of amides is 1. The average Bonchev–Trinajstić information content (AvgIpc) is 2.59. The zero-order valence-electron chi connectivity index (χ0n) is 15.6. The zero-order chi connectivity index (χ0) is 16.8. The van der Waals surface area contributed by atoms with Crippen molar-refractivity contribution in [3.63, 3.8) is 0 Å². The van der Waals surface area contributed by atoms with E-state index < -0.39 is 0 Å². The first-order chi connectivity index (χ1) is 11.1. The predicted octanol–water partition coefficient (Wildman–Crippen LogP) is 3.97. The van der Waals surface area contributed by atoms with Gasteiger partial charge in [0.2, 0.25) is 0 Å². The van der Waals surface area contributed by atoms with Crippen molar-refractivity contribution in [2.45, 2.75) is 46.1 Å². The van der Waals surface area contributed by atoms with Crippen molar-refractivity contribution < 1.29 is 4.79 Å². The van der Waals surface area contributed by atoms with Crippen molar-refractivity contribution in [3.8, 4) is 0 Å². The number of hydrogen-bond acceptors (Lipinski definition) is 3. The number of nitrogens with two attached hydrogens (primary N) is 1. The van der Waals surface area contributed by atoms with Gasteiger partial charge in [0, 0.05) is 43.5 Å². The fourth-order valence-corrected chi connectivity index (χ4v) is 3.36. The fraction of sp³-hybridized carbons (Fsp3) is 0.632. The average molecular weight is 390 g/mol. The lowest BCUT2D eigenvalue weighted by Gasteiger charge is -2.34. The molecule has 144 valence electrons. The third-order valence-corrected chi connectivity index (χ3v) is 4.84. The Morgan fingerprint density at radius 1 is 1.28 bits per heavy atom. The van der Waals surface area contributed by atoms with Crippen LogP contribution in [0.3, 0.4) is 0 Å². The predicted molar refractivity (Wildman–Crippen MR) is 111 cm³/mol. The van der Waals surface area contributed by atoms with Gasteiger partial charge in [-0.1, -0.05) is 6.92 Å². The Kier molecular flexibility index (Phi) is 11.2. The maximum absolute atomic E-state index is 12.7. The summed E-state index contributed by atoms with van der Waals surface area (Å²) in [5.41, 5.74) is 8.00. The first-order valence-corrected chi connectivity index (χ1v) is 8.96. The molecule has 0 radical (unpaired) electrons. The molecule has 0 aliphatic carbocycles. The summed E-state index contributed by atoms with van der Waals surface area (Å²) >= 11 is 0. The molecule has 0 bridgehead atoms. The van der Waals surface area contributed by atoms with Crippen LogP contribution in [0.1, 0.15) is 50.4 Å². The standard InChI is InChI=1S/C19H31N3O.2ClH/c1-4-12-21(5-2)18-10-8-16(9-11-18)19(23)22-13-6-7-17(14-22)15(3)20;;/h8-11,15,17H,4-7,12-14,20H2,1-3H3;2*1H. The highest BCUT2D eigenvalue weighted by atomic mass is 35.5. The van der Waals surface area contributed by atoms with Crippen molar-refractivity contribution in [2.24, 2.45) is 11.7 Å². The lowest BCUT2D eigenvalue weighted by Crippen LogP contribution is -2.45. The van der Waals surface area contributed by atoms with E-state index >= 15 is 0 Å². The number of nitrogens with zero attached hydrogens (tertiary/aromatic N) is 2. The molecule has 0 saturated carbocycles. The highest BCUT2D eigenvalue weighted by Crippen LogP contribution is 2.22. The second-order valence-corrected chi connectivity index (χ2v) is 6.64. The van der Waals surface area contributed by atoms with Gasteiger partial charge in [-0.25, -0.2) is 0 Å². The molecule has 1 heterocycles. The van der Waals surface area contributed by atoms with Gasteiger partial charge in [-0.3, -0.25) is 4.79 Å². The van der Waals surface area contributed by atoms with E-state index in [1.165, 1.54) is 5.69 Å². The molecule has 6 heteroatoms. The highest BCUT2D eigenvalue weighted by Gasteiger charge is 2.26. The second-order valence-electron chi connectivity index (χ2n) is 6.64. The molecule has 1 aliphatic rings. The second kappa shape index (κ2) is 11.6. The van der Waals surface area contributed by atoms with Gasteiger partial charge in [-0.15, -0.1) is 24.8 Å². The Bertz CT molecular complexity index is 508. The number of rotatable bonds is 6. The molecule has 1 aromatic carbocycles. The van der Waals surface area contributed by atoms with Gasteiger partial charge < -0.3 is 15.5 Å². The number of carbonyl (C=O) groups is 1. The van der Waals surface area contributed by atoms with Crippen molar-refractivity contribution in [3.05, 3.63) is 29.8 Å². The number of benzene rings is 1. The van der Waals surface area contributed by atoms with E-state index in [0.29, 0.717) is 5.92 Å². The molecule has 25 heavy (non-hydrogen) atoms. The van der Waals surface area contributed by atoms with Crippen molar-refractivity contribution in [1.82, 2.24) is 4.90 Å². The number of anilines is 1. The van der Waals surface area contributed by atoms with Crippen LogP contribution in [-0.4, -0.2) is 43.0 Å². The first kappa shape index (κ1) is 24.0. The highest BCUT2D eigenvalue weighted by molar-refractivity contribution is 5.94. The molecule has 1 fully saturated rings. The number of hydrogen-bond donors (Lipinski definition) is 1. The van der Waals surface area contributed by atoms with E-state index in [-0.39, 0.29) is 36.8 Å². The summed E-state index contributed by atoms with van der Waals surface area (Å²) < 4.78 is 0. The summed E-state index contributed by atoms with van der Waals surface area (Å²) in [7, 11) is 0. The molecule has 1 aromatic rings. The van der Waals surface area contributed by atoms with E-state index in [2.05, 4.69) is 30.9 Å². The first-order valence-electron chi connectivity index (χ1n) is 8.96. The summed E-state index contributed by atoms with van der Waals surface area (Å²) in [6.07, 6.45) is 3.31. The minimum Gasteiger partial charge on any atom is -0.372 e. The molecule has 1 aliphatic heterocycles. The summed E-state index contributed by atoms with van der Waals surface area (Å²) in [5, 5.41) is 0. The van der Waals surface area contributed by atoms with Crippen LogP contribution in [0.4, 0.5) is 5.69 Å². The summed E-state index contributed by atoms with van der Waals surface area (Å²) in [5.74, 6) is 0.563. The van der Waals surface area contributed by atoms with Gasteiger partial charge in [0.15, 0.2) is 0 Å². The smallest absolute Gasteiger partial charge is 0.253 e. The minimum absolute atomic E-state index is 0. The third kappa shape index (κ3) is 6.36.